The smallest absolute Gasteiger partial charge is 0.189 e. The van der Waals surface area contributed by atoms with E-state index in [-0.39, 0.29) is 11.4 Å². The normalized spacial score (nSPS) is 11.1. The van der Waals surface area contributed by atoms with Crippen LogP contribution in [0.1, 0.15) is 16.7 Å². The minimum absolute atomic E-state index is 0.00113. The molecule has 17 heavy (non-hydrogen) atoms. The average molecular weight is 369 g/mol. The maximum Gasteiger partial charge on any atom is 0.332 e. The van der Waals surface area contributed by atoms with Crippen LogP contribution >= 0.6 is 22.6 Å². The molecule has 5 nitrogen and oxygen atoms in total. The lowest BCUT2D eigenvalue weighted by Crippen LogP contribution is -2.03. The zero-order valence-corrected chi connectivity index (χ0v) is 12.1. The number of hydrogen-bond donors (Lipinski definition) is 0. The van der Waals surface area contributed by atoms with E-state index in [0.717, 1.165) is 5.56 Å². The molecule has 1 aromatic rings. The molecule has 0 aliphatic heterocycles. The van der Waals surface area contributed by atoms with Crippen LogP contribution in [0.4, 0.5) is 3.89 Å². The predicted molar refractivity (Wildman–Crippen MR) is 69.8 cm³/mol. The van der Waals surface area contributed by atoms with Crippen molar-refractivity contribution in [1.29, 1.82) is 0 Å². The molecule has 0 aliphatic rings. The van der Waals surface area contributed by atoms with Crippen LogP contribution in [0.2, 0.25) is 0 Å². The average Bonchev–Trinajstić information content (AvgIpc) is 2.23. The molecule has 8 heteroatoms. The van der Waals surface area contributed by atoms with Gasteiger partial charge in [-0.15, -0.1) is 3.89 Å². The first-order valence-corrected chi connectivity index (χ1v) is 6.99. The highest BCUT2D eigenvalue weighted by Gasteiger charge is 2.20. The highest BCUT2D eigenvalue weighted by Crippen LogP contribution is 2.28. The number of benzene rings is 1. The Morgan fingerprint density at radius 1 is 1.47 bits per heavy atom. The standard InChI is InChI=1S/C9H9FIN3O2S/c1-5-7(4-13-14-12)3-8(17(10,15)16)6(2)9(5)11/h3H,4H2,1-2H3. The van der Waals surface area contributed by atoms with Crippen LogP contribution in [-0.2, 0) is 16.8 Å². The molecule has 0 aliphatic carbocycles. The first-order chi connectivity index (χ1) is 7.79. The van der Waals surface area contributed by atoms with Gasteiger partial charge in [-0.2, -0.15) is 8.42 Å². The second-order valence-corrected chi connectivity index (χ2v) is 5.82. The molecule has 0 aromatic heterocycles. The molecule has 0 N–H and O–H groups in total. The van der Waals surface area contributed by atoms with Gasteiger partial charge in [0.25, 0.3) is 0 Å². The van der Waals surface area contributed by atoms with Gasteiger partial charge in [-0.1, -0.05) is 5.11 Å². The van der Waals surface area contributed by atoms with Gasteiger partial charge < -0.3 is 0 Å². The van der Waals surface area contributed by atoms with Gasteiger partial charge in [0, 0.05) is 8.48 Å². The molecule has 0 atom stereocenters. The fraction of sp³-hybridized carbons (Fsp3) is 0.333. The first kappa shape index (κ1) is 14.2. The summed E-state index contributed by atoms with van der Waals surface area (Å²) in [7, 11) is -4.76. The van der Waals surface area contributed by atoms with Crippen LogP contribution in [0.15, 0.2) is 16.1 Å². The van der Waals surface area contributed by atoms with E-state index in [9.17, 15) is 12.3 Å². The van der Waals surface area contributed by atoms with Gasteiger partial charge in [0.2, 0.25) is 0 Å². The maximum atomic E-state index is 13.1. The van der Waals surface area contributed by atoms with Crippen molar-refractivity contribution in [2.45, 2.75) is 25.3 Å². The van der Waals surface area contributed by atoms with Crippen molar-refractivity contribution in [2.24, 2.45) is 5.11 Å². The first-order valence-electron chi connectivity index (χ1n) is 4.53. The minimum Gasteiger partial charge on any atom is -0.189 e. The Hall–Kier alpha value is -0.860. The van der Waals surface area contributed by atoms with E-state index in [1.54, 1.807) is 13.8 Å². The van der Waals surface area contributed by atoms with E-state index in [1.807, 2.05) is 22.6 Å². The van der Waals surface area contributed by atoms with Crippen molar-refractivity contribution in [3.63, 3.8) is 0 Å². The van der Waals surface area contributed by atoms with Gasteiger partial charge in [-0.25, -0.2) is 0 Å². The topological polar surface area (TPSA) is 82.9 Å². The monoisotopic (exact) mass is 369 g/mol. The molecule has 92 valence electrons. The second kappa shape index (κ2) is 5.19. The fourth-order valence-electron chi connectivity index (χ4n) is 1.43. The summed E-state index contributed by atoms with van der Waals surface area (Å²) in [6.07, 6.45) is 0. The fourth-order valence-corrected chi connectivity index (χ4v) is 3.00. The quantitative estimate of drug-likeness (QED) is 0.269. The van der Waals surface area contributed by atoms with Crippen LogP contribution in [0.3, 0.4) is 0 Å². The molecule has 0 fully saturated rings. The summed E-state index contributed by atoms with van der Waals surface area (Å²) < 4.78 is 35.7. The van der Waals surface area contributed by atoms with Gasteiger partial charge in [-0.3, -0.25) is 0 Å². The van der Waals surface area contributed by atoms with E-state index in [1.165, 1.54) is 6.07 Å². The van der Waals surface area contributed by atoms with Crippen LogP contribution in [0, 0.1) is 17.4 Å². The predicted octanol–water partition coefficient (Wildman–Crippen LogP) is 3.38. The van der Waals surface area contributed by atoms with Crippen LogP contribution < -0.4 is 0 Å². The Balaban J connectivity index is 3.55. The number of nitrogens with zero attached hydrogens (tertiary/aromatic N) is 3. The van der Waals surface area contributed by atoms with Crippen molar-refractivity contribution in [3.8, 4) is 0 Å². The van der Waals surface area contributed by atoms with Crippen molar-refractivity contribution >= 4 is 32.8 Å². The third-order valence-corrected chi connectivity index (χ3v) is 4.95. The molecule has 0 bridgehead atoms. The highest BCUT2D eigenvalue weighted by molar-refractivity contribution is 14.1. The zero-order chi connectivity index (χ0) is 13.2. The summed E-state index contributed by atoms with van der Waals surface area (Å²) >= 11 is 1.95. The summed E-state index contributed by atoms with van der Waals surface area (Å²) in [5.74, 6) is 0. The maximum absolute atomic E-state index is 13.1. The molecule has 0 saturated heterocycles. The van der Waals surface area contributed by atoms with Gasteiger partial charge >= 0.3 is 10.2 Å². The van der Waals surface area contributed by atoms with Crippen LogP contribution in [-0.4, -0.2) is 8.42 Å². The van der Waals surface area contributed by atoms with Crippen molar-refractivity contribution in [3.05, 3.63) is 36.8 Å². The Kier molecular flexibility index (Phi) is 4.34. The minimum atomic E-state index is -4.76. The molecule has 0 spiro atoms. The van der Waals surface area contributed by atoms with E-state index >= 15 is 0 Å². The Bertz CT molecular complexity index is 609. The summed E-state index contributed by atoms with van der Waals surface area (Å²) in [4.78, 5) is 2.23. The third-order valence-electron chi connectivity index (χ3n) is 2.38. The van der Waals surface area contributed by atoms with E-state index in [2.05, 4.69) is 10.0 Å². The highest BCUT2D eigenvalue weighted by atomic mass is 127. The lowest BCUT2D eigenvalue weighted by Gasteiger charge is -2.11. The summed E-state index contributed by atoms with van der Waals surface area (Å²) in [6.45, 7) is 3.31. The lowest BCUT2D eigenvalue weighted by atomic mass is 10.1. The lowest BCUT2D eigenvalue weighted by molar-refractivity contribution is 0.551. The van der Waals surface area contributed by atoms with Crippen LogP contribution in [0.5, 0.6) is 0 Å². The molecule has 1 rings (SSSR count). The van der Waals surface area contributed by atoms with Crippen molar-refractivity contribution < 1.29 is 12.3 Å². The molecular formula is C9H9FIN3O2S. The van der Waals surface area contributed by atoms with E-state index in [4.69, 9.17) is 5.53 Å². The number of rotatable bonds is 3. The second-order valence-electron chi connectivity index (χ2n) is 3.42. The number of halogens is 2. The zero-order valence-electron chi connectivity index (χ0n) is 9.11. The largest absolute Gasteiger partial charge is 0.332 e. The Labute approximate surface area is 112 Å². The van der Waals surface area contributed by atoms with Gasteiger partial charge in [0.15, 0.2) is 0 Å². The van der Waals surface area contributed by atoms with Crippen LogP contribution in [0.25, 0.3) is 10.4 Å². The Morgan fingerprint density at radius 3 is 2.53 bits per heavy atom. The third kappa shape index (κ3) is 3.08. The van der Waals surface area contributed by atoms with E-state index < -0.39 is 10.2 Å². The molecule has 0 amide bonds. The number of azide groups is 1. The summed E-state index contributed by atoms with van der Waals surface area (Å²) in [5.41, 5.74) is 9.91. The number of hydrogen-bond acceptors (Lipinski definition) is 3. The van der Waals surface area contributed by atoms with Gasteiger partial charge in [-0.05, 0) is 64.7 Å². The SMILES string of the molecule is Cc1c(CN=[N+]=[N-])cc(S(=O)(=O)F)c(C)c1I. The molecule has 1 aromatic carbocycles. The molecule has 0 radical (unpaired) electrons. The molecule has 0 unspecified atom stereocenters. The summed E-state index contributed by atoms with van der Waals surface area (Å²) in [5, 5.41) is 3.36. The molecule has 0 saturated carbocycles. The van der Waals surface area contributed by atoms with Gasteiger partial charge in [0.05, 0.1) is 6.54 Å². The molecule has 0 heterocycles. The van der Waals surface area contributed by atoms with Crippen molar-refractivity contribution in [2.75, 3.05) is 0 Å². The Morgan fingerprint density at radius 2 is 2.06 bits per heavy atom. The van der Waals surface area contributed by atoms with Crippen molar-refractivity contribution in [1.82, 2.24) is 0 Å². The van der Waals surface area contributed by atoms with E-state index in [0.29, 0.717) is 14.7 Å². The summed E-state index contributed by atoms with van der Waals surface area (Å²) in [6, 6.07) is 1.22. The van der Waals surface area contributed by atoms with Gasteiger partial charge in [0.1, 0.15) is 4.90 Å². The molecular weight excluding hydrogens is 360 g/mol.